The molecule has 5 heteroatoms. The van der Waals surface area contributed by atoms with Gasteiger partial charge in [-0.3, -0.25) is 5.41 Å². The van der Waals surface area contributed by atoms with Crippen LogP contribution in [0.4, 0.5) is 4.39 Å². The van der Waals surface area contributed by atoms with Gasteiger partial charge in [0.1, 0.15) is 5.84 Å². The number of halogens is 1. The number of ether oxygens (including phenoxy) is 1. The first-order chi connectivity index (χ1) is 8.16. The maximum atomic E-state index is 13.3. The maximum Gasteiger partial charge on any atom is 0.220 e. The van der Waals surface area contributed by atoms with E-state index in [1.165, 1.54) is 24.4 Å². The fraction of sp³-hybridized carbons (Fsp3) is 0. The van der Waals surface area contributed by atoms with E-state index in [9.17, 15) is 4.39 Å². The predicted octanol–water partition coefficient (Wildman–Crippen LogP) is 2.30. The molecule has 0 saturated heterocycles. The zero-order valence-corrected chi connectivity index (χ0v) is 8.85. The quantitative estimate of drug-likeness (QED) is 0.628. The Hall–Kier alpha value is -2.43. The fourth-order valence-electron chi connectivity index (χ4n) is 1.27. The van der Waals surface area contributed by atoms with Crippen LogP contribution in [0, 0.1) is 11.2 Å². The average molecular weight is 231 g/mol. The van der Waals surface area contributed by atoms with E-state index in [0.29, 0.717) is 5.56 Å². The Morgan fingerprint density at radius 1 is 1.29 bits per heavy atom. The molecule has 2 aromatic rings. The number of aromatic nitrogens is 1. The lowest BCUT2D eigenvalue weighted by Crippen LogP contribution is -2.11. The van der Waals surface area contributed by atoms with Crippen LogP contribution in [0.1, 0.15) is 5.56 Å². The SMILES string of the molecule is N=C(N)c1ccnc(Oc2ccccc2F)c1. The minimum atomic E-state index is -0.470. The number of pyridine rings is 1. The van der Waals surface area contributed by atoms with Crippen molar-refractivity contribution in [2.24, 2.45) is 5.73 Å². The molecule has 3 N–H and O–H groups in total. The van der Waals surface area contributed by atoms with E-state index in [1.54, 1.807) is 18.2 Å². The van der Waals surface area contributed by atoms with Crippen LogP contribution in [0.3, 0.4) is 0 Å². The van der Waals surface area contributed by atoms with Gasteiger partial charge in [-0.2, -0.15) is 0 Å². The van der Waals surface area contributed by atoms with Crippen molar-refractivity contribution in [2.45, 2.75) is 0 Å². The van der Waals surface area contributed by atoms with Crippen LogP contribution >= 0.6 is 0 Å². The number of benzene rings is 1. The van der Waals surface area contributed by atoms with Gasteiger partial charge in [-0.1, -0.05) is 12.1 Å². The van der Waals surface area contributed by atoms with Gasteiger partial charge in [-0.05, 0) is 18.2 Å². The number of nitrogen functional groups attached to an aromatic ring is 1. The van der Waals surface area contributed by atoms with Crippen molar-refractivity contribution in [3.8, 4) is 11.6 Å². The van der Waals surface area contributed by atoms with Crippen molar-refractivity contribution in [3.63, 3.8) is 0 Å². The molecule has 0 radical (unpaired) electrons. The van der Waals surface area contributed by atoms with Gasteiger partial charge in [0.05, 0.1) is 0 Å². The van der Waals surface area contributed by atoms with Crippen molar-refractivity contribution in [3.05, 3.63) is 54.0 Å². The molecule has 1 aromatic heterocycles. The number of nitrogens with two attached hydrogens (primary N) is 1. The molecule has 0 aliphatic heterocycles. The Kier molecular flexibility index (Phi) is 3.00. The van der Waals surface area contributed by atoms with E-state index in [4.69, 9.17) is 15.9 Å². The van der Waals surface area contributed by atoms with Gasteiger partial charge in [-0.25, -0.2) is 9.37 Å². The average Bonchev–Trinajstić information content (AvgIpc) is 2.32. The summed E-state index contributed by atoms with van der Waals surface area (Å²) in [6.45, 7) is 0. The second-order valence-electron chi connectivity index (χ2n) is 3.33. The normalized spacial score (nSPS) is 9.94. The second kappa shape index (κ2) is 4.61. The molecule has 1 heterocycles. The molecule has 2 rings (SSSR count). The monoisotopic (exact) mass is 231 g/mol. The van der Waals surface area contributed by atoms with Crippen LogP contribution < -0.4 is 10.5 Å². The molecule has 0 spiro atoms. The highest BCUT2D eigenvalue weighted by molar-refractivity contribution is 5.95. The summed E-state index contributed by atoms with van der Waals surface area (Å²) in [7, 11) is 0. The van der Waals surface area contributed by atoms with Gasteiger partial charge in [0, 0.05) is 17.8 Å². The molecule has 1 aromatic carbocycles. The predicted molar refractivity (Wildman–Crippen MR) is 61.7 cm³/mol. The van der Waals surface area contributed by atoms with Crippen molar-refractivity contribution < 1.29 is 9.13 Å². The molecule has 0 fully saturated rings. The number of amidine groups is 1. The van der Waals surface area contributed by atoms with Crippen LogP contribution in [0.5, 0.6) is 11.6 Å². The van der Waals surface area contributed by atoms with Crippen LogP contribution in [-0.2, 0) is 0 Å². The lowest BCUT2D eigenvalue weighted by atomic mass is 10.2. The van der Waals surface area contributed by atoms with Gasteiger partial charge >= 0.3 is 0 Å². The minimum absolute atomic E-state index is 0.0840. The third-order valence-corrected chi connectivity index (χ3v) is 2.10. The Bertz CT molecular complexity index is 557. The molecule has 0 bridgehead atoms. The number of nitrogens with one attached hydrogen (secondary N) is 1. The molecule has 4 nitrogen and oxygen atoms in total. The summed E-state index contributed by atoms with van der Waals surface area (Å²) in [4.78, 5) is 3.92. The lowest BCUT2D eigenvalue weighted by molar-refractivity contribution is 0.427. The van der Waals surface area contributed by atoms with Crippen molar-refractivity contribution in [2.75, 3.05) is 0 Å². The van der Waals surface area contributed by atoms with Gasteiger partial charge in [0.25, 0.3) is 0 Å². The van der Waals surface area contributed by atoms with Crippen molar-refractivity contribution in [1.29, 1.82) is 5.41 Å². The molecule has 0 aliphatic rings. The van der Waals surface area contributed by atoms with E-state index in [2.05, 4.69) is 4.98 Å². The topological polar surface area (TPSA) is 72.0 Å². The smallest absolute Gasteiger partial charge is 0.220 e. The van der Waals surface area contributed by atoms with Crippen LogP contribution in [-0.4, -0.2) is 10.8 Å². The van der Waals surface area contributed by atoms with Gasteiger partial charge < -0.3 is 10.5 Å². The summed E-state index contributed by atoms with van der Waals surface area (Å²) in [6, 6.07) is 9.09. The van der Waals surface area contributed by atoms with E-state index in [1.807, 2.05) is 0 Å². The summed E-state index contributed by atoms with van der Waals surface area (Å²) >= 11 is 0. The van der Waals surface area contributed by atoms with Crippen LogP contribution in [0.25, 0.3) is 0 Å². The highest BCUT2D eigenvalue weighted by atomic mass is 19.1. The van der Waals surface area contributed by atoms with Gasteiger partial charge in [0.2, 0.25) is 5.88 Å². The first-order valence-corrected chi connectivity index (χ1v) is 4.89. The highest BCUT2D eigenvalue weighted by Gasteiger charge is 2.05. The van der Waals surface area contributed by atoms with Crippen LogP contribution in [0.15, 0.2) is 42.6 Å². The molecule has 0 amide bonds. The molecule has 0 atom stereocenters. The molecule has 0 saturated carbocycles. The highest BCUT2D eigenvalue weighted by Crippen LogP contribution is 2.22. The minimum Gasteiger partial charge on any atom is -0.436 e. The Morgan fingerprint density at radius 2 is 2.06 bits per heavy atom. The zero-order chi connectivity index (χ0) is 12.3. The number of para-hydroxylation sites is 1. The Balaban J connectivity index is 2.28. The summed E-state index contributed by atoms with van der Waals surface area (Å²) in [5.74, 6) is -0.281. The molecule has 17 heavy (non-hydrogen) atoms. The van der Waals surface area contributed by atoms with Crippen LogP contribution in [0.2, 0.25) is 0 Å². The molecule has 0 unspecified atom stereocenters. The fourth-order valence-corrected chi connectivity index (χ4v) is 1.27. The molecular weight excluding hydrogens is 221 g/mol. The summed E-state index contributed by atoms with van der Waals surface area (Å²) in [5.41, 5.74) is 5.81. The summed E-state index contributed by atoms with van der Waals surface area (Å²) in [6.07, 6.45) is 1.45. The largest absolute Gasteiger partial charge is 0.436 e. The molecule has 86 valence electrons. The standard InChI is InChI=1S/C12H10FN3O/c13-9-3-1-2-4-10(9)17-11-7-8(12(14)15)5-6-16-11/h1-7H,(H3,14,15). The maximum absolute atomic E-state index is 13.3. The van der Waals surface area contributed by atoms with Gasteiger partial charge in [0.15, 0.2) is 11.6 Å². The van der Waals surface area contributed by atoms with E-state index in [-0.39, 0.29) is 17.5 Å². The summed E-state index contributed by atoms with van der Waals surface area (Å²) in [5, 5.41) is 7.27. The number of nitrogens with zero attached hydrogens (tertiary/aromatic N) is 1. The van der Waals surface area contributed by atoms with E-state index < -0.39 is 5.82 Å². The van der Waals surface area contributed by atoms with Crippen molar-refractivity contribution >= 4 is 5.84 Å². The zero-order valence-electron chi connectivity index (χ0n) is 8.85. The Morgan fingerprint density at radius 3 is 2.76 bits per heavy atom. The number of hydrogen-bond acceptors (Lipinski definition) is 3. The number of rotatable bonds is 3. The first-order valence-electron chi connectivity index (χ1n) is 4.89. The third-order valence-electron chi connectivity index (χ3n) is 2.10. The lowest BCUT2D eigenvalue weighted by Gasteiger charge is -2.06. The second-order valence-corrected chi connectivity index (χ2v) is 3.33. The van der Waals surface area contributed by atoms with Crippen molar-refractivity contribution in [1.82, 2.24) is 4.98 Å². The molecule has 0 aliphatic carbocycles. The van der Waals surface area contributed by atoms with E-state index >= 15 is 0 Å². The third kappa shape index (κ3) is 2.57. The van der Waals surface area contributed by atoms with E-state index in [0.717, 1.165) is 0 Å². The number of hydrogen-bond donors (Lipinski definition) is 2. The molecular formula is C12H10FN3O. The van der Waals surface area contributed by atoms with Gasteiger partial charge in [-0.15, -0.1) is 0 Å². The first kappa shape index (κ1) is 11.1. The summed E-state index contributed by atoms with van der Waals surface area (Å²) < 4.78 is 18.6. The Labute approximate surface area is 97.4 Å².